The molecule has 1 rings (SSSR count). The van der Waals surface area contributed by atoms with Crippen molar-refractivity contribution in [2.75, 3.05) is 0 Å². The first-order valence-electron chi connectivity index (χ1n) is 6.75. The van der Waals surface area contributed by atoms with E-state index < -0.39 is 18.0 Å². The van der Waals surface area contributed by atoms with Crippen molar-refractivity contribution in [1.82, 2.24) is 10.6 Å². The van der Waals surface area contributed by atoms with Crippen molar-refractivity contribution in [3.63, 3.8) is 0 Å². The Balaban J connectivity index is 2.63. The zero-order valence-corrected chi connectivity index (χ0v) is 12.7. The summed E-state index contributed by atoms with van der Waals surface area (Å²) in [4.78, 5) is 22.7. The summed E-state index contributed by atoms with van der Waals surface area (Å²) in [6, 6.07) is 1.80. The van der Waals surface area contributed by atoms with Gasteiger partial charge in [0.2, 0.25) is 0 Å². The van der Waals surface area contributed by atoms with Crippen LogP contribution >= 0.6 is 0 Å². The molecule has 0 saturated heterocycles. The maximum absolute atomic E-state index is 13.5. The molecule has 1 atom stereocenters. The third kappa shape index (κ3) is 4.73. The molecule has 1 unspecified atom stereocenters. The molecule has 0 bridgehead atoms. The van der Waals surface area contributed by atoms with Gasteiger partial charge in [-0.25, -0.2) is 14.0 Å². The number of urea groups is 1. The van der Waals surface area contributed by atoms with Crippen LogP contribution in [0.1, 0.15) is 30.5 Å². The lowest BCUT2D eigenvalue weighted by molar-refractivity contribution is -0.140. The van der Waals surface area contributed by atoms with Gasteiger partial charge in [-0.1, -0.05) is 26.0 Å². The summed E-state index contributed by atoms with van der Waals surface area (Å²) in [5, 5.41) is 14.0. The third-order valence-corrected chi connectivity index (χ3v) is 3.17. The van der Waals surface area contributed by atoms with Gasteiger partial charge in [-0.3, -0.25) is 0 Å². The molecule has 1 aromatic carbocycles. The number of aryl methyl sites for hydroxylation is 2. The van der Waals surface area contributed by atoms with Crippen LogP contribution in [0.15, 0.2) is 12.1 Å². The Kier molecular flexibility index (Phi) is 5.69. The Morgan fingerprint density at radius 1 is 1.24 bits per heavy atom. The zero-order chi connectivity index (χ0) is 16.2. The summed E-state index contributed by atoms with van der Waals surface area (Å²) in [6.45, 7) is 6.95. The molecule has 0 radical (unpaired) electrons. The molecule has 0 spiro atoms. The molecule has 0 heterocycles. The van der Waals surface area contributed by atoms with E-state index in [1.165, 1.54) is 0 Å². The van der Waals surface area contributed by atoms with Crippen LogP contribution in [-0.2, 0) is 11.3 Å². The van der Waals surface area contributed by atoms with E-state index >= 15 is 0 Å². The maximum Gasteiger partial charge on any atom is 0.326 e. The van der Waals surface area contributed by atoms with Gasteiger partial charge in [0.15, 0.2) is 0 Å². The lowest BCUT2D eigenvalue weighted by atomic mass is 10.1. The molecule has 2 amide bonds. The highest BCUT2D eigenvalue weighted by Crippen LogP contribution is 2.14. The minimum Gasteiger partial charge on any atom is -0.480 e. The molecule has 0 aromatic heterocycles. The van der Waals surface area contributed by atoms with E-state index in [0.29, 0.717) is 11.1 Å². The van der Waals surface area contributed by atoms with Crippen LogP contribution in [0.3, 0.4) is 0 Å². The number of amides is 2. The predicted octanol–water partition coefficient (Wildman–Crippen LogP) is 2.35. The molecule has 21 heavy (non-hydrogen) atoms. The summed E-state index contributed by atoms with van der Waals surface area (Å²) in [5.74, 6) is -1.55. The van der Waals surface area contributed by atoms with Gasteiger partial charge in [0.05, 0.1) is 0 Å². The van der Waals surface area contributed by atoms with Gasteiger partial charge < -0.3 is 15.7 Å². The van der Waals surface area contributed by atoms with Gasteiger partial charge in [0.1, 0.15) is 11.9 Å². The average molecular weight is 296 g/mol. The summed E-state index contributed by atoms with van der Waals surface area (Å²) in [6.07, 6.45) is 0. The Morgan fingerprint density at radius 3 is 2.19 bits per heavy atom. The van der Waals surface area contributed by atoms with E-state index in [4.69, 9.17) is 5.11 Å². The minimum atomic E-state index is -1.08. The fourth-order valence-corrected chi connectivity index (χ4v) is 2.03. The van der Waals surface area contributed by atoms with Crippen molar-refractivity contribution in [1.29, 1.82) is 0 Å². The summed E-state index contributed by atoms with van der Waals surface area (Å²) < 4.78 is 13.5. The van der Waals surface area contributed by atoms with Gasteiger partial charge in [-0.05, 0) is 36.5 Å². The van der Waals surface area contributed by atoms with Crippen LogP contribution in [0.4, 0.5) is 9.18 Å². The number of carbonyl (C=O) groups is 2. The highest BCUT2D eigenvalue weighted by Gasteiger charge is 2.23. The summed E-state index contributed by atoms with van der Waals surface area (Å²) >= 11 is 0. The van der Waals surface area contributed by atoms with E-state index in [1.54, 1.807) is 39.8 Å². The number of carboxylic acids is 1. The monoisotopic (exact) mass is 296 g/mol. The van der Waals surface area contributed by atoms with Crippen LogP contribution in [0.2, 0.25) is 0 Å². The van der Waals surface area contributed by atoms with E-state index in [1.807, 2.05) is 0 Å². The van der Waals surface area contributed by atoms with Crippen molar-refractivity contribution >= 4 is 12.0 Å². The number of halogens is 1. The Morgan fingerprint density at radius 2 is 1.76 bits per heavy atom. The van der Waals surface area contributed by atoms with Gasteiger partial charge in [0, 0.05) is 6.54 Å². The minimum absolute atomic E-state index is 0.207. The summed E-state index contributed by atoms with van der Waals surface area (Å²) in [5.41, 5.74) is 1.79. The average Bonchev–Trinajstić information content (AvgIpc) is 2.38. The van der Waals surface area contributed by atoms with Crippen molar-refractivity contribution in [2.45, 2.75) is 40.3 Å². The molecule has 6 heteroatoms. The first kappa shape index (κ1) is 16.9. The molecular formula is C15H21FN2O3. The molecule has 5 nitrogen and oxygen atoms in total. The van der Waals surface area contributed by atoms with E-state index in [2.05, 4.69) is 10.6 Å². The molecule has 0 fully saturated rings. The number of hydrogen-bond donors (Lipinski definition) is 3. The quantitative estimate of drug-likeness (QED) is 0.780. The first-order chi connectivity index (χ1) is 9.72. The van der Waals surface area contributed by atoms with Crippen LogP contribution in [-0.4, -0.2) is 23.1 Å². The largest absolute Gasteiger partial charge is 0.480 e. The molecule has 1 aromatic rings. The lowest BCUT2D eigenvalue weighted by Gasteiger charge is -2.18. The normalized spacial score (nSPS) is 12.1. The fourth-order valence-electron chi connectivity index (χ4n) is 2.03. The molecule has 116 valence electrons. The molecule has 0 saturated carbocycles. The summed E-state index contributed by atoms with van der Waals surface area (Å²) in [7, 11) is 0. The van der Waals surface area contributed by atoms with Gasteiger partial charge in [0.25, 0.3) is 0 Å². The number of carboxylic acid groups (broad SMARTS) is 1. The Bertz CT molecular complexity index is 521. The van der Waals surface area contributed by atoms with Crippen LogP contribution in [0.25, 0.3) is 0 Å². The van der Waals surface area contributed by atoms with Crippen LogP contribution < -0.4 is 10.6 Å². The number of nitrogens with one attached hydrogen (secondary N) is 2. The van der Waals surface area contributed by atoms with Crippen LogP contribution in [0, 0.1) is 25.6 Å². The SMILES string of the molecule is Cc1cc(CNC(=O)NC(C(=O)O)C(C)C)cc(C)c1F. The van der Waals surface area contributed by atoms with Crippen molar-refractivity contribution in [2.24, 2.45) is 5.92 Å². The number of benzene rings is 1. The highest BCUT2D eigenvalue weighted by atomic mass is 19.1. The third-order valence-electron chi connectivity index (χ3n) is 3.17. The lowest BCUT2D eigenvalue weighted by Crippen LogP contribution is -2.48. The molecule has 0 aliphatic heterocycles. The Hall–Kier alpha value is -2.11. The molecular weight excluding hydrogens is 275 g/mol. The van der Waals surface area contributed by atoms with Crippen molar-refractivity contribution in [3.05, 3.63) is 34.6 Å². The standard InChI is InChI=1S/C15H21FN2O3/c1-8(2)13(14(19)20)18-15(21)17-7-11-5-9(3)12(16)10(4)6-11/h5-6,8,13H,7H2,1-4H3,(H,19,20)(H2,17,18,21). The number of aliphatic carboxylic acids is 1. The van der Waals surface area contributed by atoms with E-state index in [0.717, 1.165) is 5.56 Å². The number of rotatable bonds is 5. The second-order valence-corrected chi connectivity index (χ2v) is 5.43. The second kappa shape index (κ2) is 7.06. The predicted molar refractivity (Wildman–Crippen MR) is 77.5 cm³/mol. The Labute approximate surface area is 123 Å². The fraction of sp³-hybridized carbons (Fsp3) is 0.467. The molecule has 0 aliphatic rings. The van der Waals surface area contributed by atoms with Crippen molar-refractivity contribution < 1.29 is 19.1 Å². The smallest absolute Gasteiger partial charge is 0.326 e. The maximum atomic E-state index is 13.5. The second-order valence-electron chi connectivity index (χ2n) is 5.43. The molecule has 0 aliphatic carbocycles. The van der Waals surface area contributed by atoms with Crippen LogP contribution in [0.5, 0.6) is 0 Å². The van der Waals surface area contributed by atoms with Gasteiger partial charge in [-0.15, -0.1) is 0 Å². The number of hydrogen-bond acceptors (Lipinski definition) is 2. The molecule has 3 N–H and O–H groups in total. The van der Waals surface area contributed by atoms with E-state index in [-0.39, 0.29) is 18.3 Å². The van der Waals surface area contributed by atoms with E-state index in [9.17, 15) is 14.0 Å². The van der Waals surface area contributed by atoms with Crippen molar-refractivity contribution in [3.8, 4) is 0 Å². The highest BCUT2D eigenvalue weighted by molar-refractivity contribution is 5.82. The topological polar surface area (TPSA) is 78.4 Å². The first-order valence-corrected chi connectivity index (χ1v) is 6.75. The van der Waals surface area contributed by atoms with Gasteiger partial charge in [-0.2, -0.15) is 0 Å². The zero-order valence-electron chi connectivity index (χ0n) is 12.7. The number of carbonyl (C=O) groups excluding carboxylic acids is 1. The van der Waals surface area contributed by atoms with Gasteiger partial charge >= 0.3 is 12.0 Å².